The summed E-state index contributed by atoms with van der Waals surface area (Å²) in [5, 5.41) is 4.10. The maximum Gasteiger partial charge on any atom is 0.317 e. The van der Waals surface area contributed by atoms with E-state index < -0.39 is 0 Å². The molecule has 1 saturated heterocycles. The Morgan fingerprint density at radius 1 is 1.33 bits per heavy atom. The number of nitrogens with zero attached hydrogens (tertiary/aromatic N) is 3. The number of carbonyl (C=O) groups is 1. The van der Waals surface area contributed by atoms with Gasteiger partial charge in [-0.3, -0.25) is 4.90 Å². The fourth-order valence-electron chi connectivity index (χ4n) is 3.08. The van der Waals surface area contributed by atoms with E-state index in [9.17, 15) is 4.79 Å². The van der Waals surface area contributed by atoms with Gasteiger partial charge in [-0.15, -0.1) is 0 Å². The number of carbonyl (C=O) groups excluding carboxylic acids is 1. The van der Waals surface area contributed by atoms with Gasteiger partial charge in [0.2, 0.25) is 0 Å². The van der Waals surface area contributed by atoms with Crippen LogP contribution in [0.15, 0.2) is 34.7 Å². The molecule has 0 bridgehead atoms. The molecule has 0 aliphatic carbocycles. The van der Waals surface area contributed by atoms with E-state index in [-0.39, 0.29) is 6.03 Å². The Morgan fingerprint density at radius 2 is 2.12 bits per heavy atom. The van der Waals surface area contributed by atoms with Gasteiger partial charge in [-0.05, 0) is 26.2 Å². The third kappa shape index (κ3) is 3.88. The zero-order chi connectivity index (χ0) is 17.1. The van der Waals surface area contributed by atoms with Gasteiger partial charge in [-0.25, -0.2) is 4.79 Å². The van der Waals surface area contributed by atoms with Crippen molar-refractivity contribution in [1.29, 1.82) is 0 Å². The molecule has 1 atom stereocenters. The lowest BCUT2D eigenvalue weighted by atomic mass is 10.2. The lowest BCUT2D eigenvalue weighted by Gasteiger charge is -2.37. The zero-order valence-corrected chi connectivity index (χ0v) is 14.7. The third-order valence-electron chi connectivity index (χ3n) is 4.69. The lowest BCUT2D eigenvalue weighted by molar-refractivity contribution is 0.113. The Hall–Kier alpha value is -2.05. The van der Waals surface area contributed by atoms with Crippen LogP contribution >= 0.6 is 0 Å². The molecule has 1 aliphatic rings. The van der Waals surface area contributed by atoms with E-state index in [1.807, 2.05) is 30.3 Å². The highest BCUT2D eigenvalue weighted by molar-refractivity contribution is 5.78. The predicted octanol–water partition coefficient (Wildman–Crippen LogP) is 1.82. The molecular formula is C18H26N4O2. The molecule has 0 spiro atoms. The summed E-state index contributed by atoms with van der Waals surface area (Å²) in [6, 6.07) is 10.2. The van der Waals surface area contributed by atoms with Crippen LogP contribution in [-0.4, -0.2) is 74.1 Å². The highest BCUT2D eigenvalue weighted by Gasteiger charge is 2.23. The molecule has 2 amide bonds. The summed E-state index contributed by atoms with van der Waals surface area (Å²) in [5.74, 6) is 0.795. The first kappa shape index (κ1) is 16.8. The lowest BCUT2D eigenvalue weighted by Crippen LogP contribution is -2.55. The molecule has 1 aliphatic heterocycles. The van der Waals surface area contributed by atoms with Crippen molar-refractivity contribution in [2.24, 2.45) is 0 Å². The van der Waals surface area contributed by atoms with E-state index in [0.29, 0.717) is 19.1 Å². The number of hydrogen-bond acceptors (Lipinski definition) is 4. The molecule has 0 unspecified atom stereocenters. The third-order valence-corrected chi connectivity index (χ3v) is 4.69. The van der Waals surface area contributed by atoms with E-state index in [1.165, 1.54) is 0 Å². The number of nitrogens with one attached hydrogen (secondary N) is 1. The highest BCUT2D eigenvalue weighted by atomic mass is 16.3. The molecule has 1 fully saturated rings. The number of para-hydroxylation sites is 1. The fraction of sp³-hybridized carbons (Fsp3) is 0.500. The van der Waals surface area contributed by atoms with E-state index in [0.717, 1.165) is 36.4 Å². The topological polar surface area (TPSA) is 52.0 Å². The minimum atomic E-state index is -0.0721. The van der Waals surface area contributed by atoms with Crippen molar-refractivity contribution < 1.29 is 9.21 Å². The molecule has 130 valence electrons. The summed E-state index contributed by atoms with van der Waals surface area (Å²) in [6.07, 6.45) is 0. The molecule has 2 heterocycles. The summed E-state index contributed by atoms with van der Waals surface area (Å²) in [4.78, 5) is 18.6. The van der Waals surface area contributed by atoms with Gasteiger partial charge in [-0.1, -0.05) is 18.2 Å². The van der Waals surface area contributed by atoms with Gasteiger partial charge in [0.25, 0.3) is 0 Å². The van der Waals surface area contributed by atoms with Crippen LogP contribution in [0.1, 0.15) is 5.76 Å². The molecule has 6 nitrogen and oxygen atoms in total. The molecule has 24 heavy (non-hydrogen) atoms. The summed E-state index contributed by atoms with van der Waals surface area (Å²) in [7, 11) is 6.02. The van der Waals surface area contributed by atoms with Crippen molar-refractivity contribution in [3.63, 3.8) is 0 Å². The van der Waals surface area contributed by atoms with Crippen LogP contribution in [0.3, 0.4) is 0 Å². The normalized spacial score (nSPS) is 19.5. The Kier molecular flexibility index (Phi) is 5.06. The number of amides is 2. The van der Waals surface area contributed by atoms with Crippen LogP contribution in [0.4, 0.5) is 4.79 Å². The fourth-order valence-corrected chi connectivity index (χ4v) is 3.08. The van der Waals surface area contributed by atoms with Crippen molar-refractivity contribution in [3.05, 3.63) is 36.1 Å². The number of likely N-dealkylation sites (N-methyl/N-ethyl adjacent to an activating group) is 2. The van der Waals surface area contributed by atoms with Crippen molar-refractivity contribution in [2.45, 2.75) is 12.6 Å². The number of furan rings is 1. The monoisotopic (exact) mass is 330 g/mol. The molecule has 2 aromatic rings. The Balaban J connectivity index is 1.52. The van der Waals surface area contributed by atoms with Crippen molar-refractivity contribution in [2.75, 3.05) is 47.3 Å². The van der Waals surface area contributed by atoms with Gasteiger partial charge in [0, 0.05) is 44.7 Å². The first-order valence-corrected chi connectivity index (χ1v) is 8.38. The van der Waals surface area contributed by atoms with Crippen LogP contribution < -0.4 is 5.32 Å². The molecule has 0 saturated carbocycles. The second-order valence-electron chi connectivity index (χ2n) is 6.69. The van der Waals surface area contributed by atoms with Gasteiger partial charge < -0.3 is 19.5 Å². The molecule has 6 heteroatoms. The number of piperazine rings is 1. The van der Waals surface area contributed by atoms with E-state index >= 15 is 0 Å². The maximum atomic E-state index is 12.3. The van der Waals surface area contributed by atoms with Gasteiger partial charge in [0.15, 0.2) is 0 Å². The van der Waals surface area contributed by atoms with E-state index in [1.54, 1.807) is 11.9 Å². The van der Waals surface area contributed by atoms with Crippen molar-refractivity contribution >= 4 is 17.0 Å². The molecule has 1 aromatic carbocycles. The first-order valence-electron chi connectivity index (χ1n) is 8.38. The summed E-state index contributed by atoms with van der Waals surface area (Å²) >= 11 is 0. The Labute approximate surface area is 143 Å². The molecule has 1 aromatic heterocycles. The van der Waals surface area contributed by atoms with Gasteiger partial charge in [-0.2, -0.15) is 0 Å². The summed E-state index contributed by atoms with van der Waals surface area (Å²) in [5.41, 5.74) is 0.855. The standard InChI is InChI=1S/C18H26N4O2/c1-20-8-9-21(2)15(12-20)11-19-18(23)22(3)13-16-10-14-6-4-5-7-17(14)24-16/h4-7,10,15H,8-9,11-13H2,1-3H3,(H,19,23)/t15-/m0/s1. The van der Waals surface area contributed by atoms with E-state index in [4.69, 9.17) is 4.42 Å². The number of benzene rings is 1. The van der Waals surface area contributed by atoms with Crippen LogP contribution in [-0.2, 0) is 6.54 Å². The number of urea groups is 1. The summed E-state index contributed by atoms with van der Waals surface area (Å²) in [6.45, 7) is 4.20. The van der Waals surface area contributed by atoms with Crippen LogP contribution in [0.2, 0.25) is 0 Å². The smallest absolute Gasteiger partial charge is 0.317 e. The maximum absolute atomic E-state index is 12.3. The summed E-state index contributed by atoms with van der Waals surface area (Å²) < 4.78 is 5.78. The molecule has 1 N–H and O–H groups in total. The SMILES string of the molecule is CN1CCN(C)[C@@H](CNC(=O)N(C)Cc2cc3ccccc3o2)C1. The number of fused-ring (bicyclic) bond motifs is 1. The van der Waals surface area contributed by atoms with Crippen LogP contribution in [0.25, 0.3) is 11.0 Å². The van der Waals surface area contributed by atoms with Crippen LogP contribution in [0.5, 0.6) is 0 Å². The van der Waals surface area contributed by atoms with Crippen LogP contribution in [0, 0.1) is 0 Å². The highest BCUT2D eigenvalue weighted by Crippen LogP contribution is 2.19. The van der Waals surface area contributed by atoms with Gasteiger partial charge in [0.1, 0.15) is 11.3 Å². The van der Waals surface area contributed by atoms with Crippen molar-refractivity contribution in [3.8, 4) is 0 Å². The number of hydrogen-bond donors (Lipinski definition) is 1. The van der Waals surface area contributed by atoms with Gasteiger partial charge in [0.05, 0.1) is 6.54 Å². The molecule has 3 rings (SSSR count). The van der Waals surface area contributed by atoms with Crippen molar-refractivity contribution in [1.82, 2.24) is 20.0 Å². The molecule has 0 radical (unpaired) electrons. The second-order valence-corrected chi connectivity index (χ2v) is 6.69. The largest absolute Gasteiger partial charge is 0.459 e. The number of rotatable bonds is 4. The Morgan fingerprint density at radius 3 is 2.92 bits per heavy atom. The molecular weight excluding hydrogens is 304 g/mol. The average Bonchev–Trinajstić information content (AvgIpc) is 2.97. The van der Waals surface area contributed by atoms with E-state index in [2.05, 4.69) is 29.2 Å². The quantitative estimate of drug-likeness (QED) is 0.929. The first-order chi connectivity index (χ1) is 11.5. The minimum Gasteiger partial charge on any atom is -0.459 e. The predicted molar refractivity (Wildman–Crippen MR) is 95.0 cm³/mol. The Bertz CT molecular complexity index is 666. The van der Waals surface area contributed by atoms with Gasteiger partial charge >= 0.3 is 6.03 Å². The minimum absolute atomic E-state index is 0.0721. The average molecular weight is 330 g/mol. The zero-order valence-electron chi connectivity index (χ0n) is 14.7. The second kappa shape index (κ2) is 7.23.